The fraction of sp³-hybridized carbons (Fsp3) is 0.667. The highest BCUT2D eigenvalue weighted by Gasteiger charge is 2.31. The highest BCUT2D eigenvalue weighted by molar-refractivity contribution is 5.94. The van der Waals surface area contributed by atoms with Crippen LogP contribution in [0, 0.1) is 12.8 Å². The molecule has 1 atom stereocenters. The van der Waals surface area contributed by atoms with Gasteiger partial charge in [0.15, 0.2) is 0 Å². The van der Waals surface area contributed by atoms with Crippen molar-refractivity contribution in [3.05, 3.63) is 23.8 Å². The van der Waals surface area contributed by atoms with E-state index < -0.39 is 5.60 Å². The number of carbonyl (C=O) groups is 2. The van der Waals surface area contributed by atoms with Crippen LogP contribution in [-0.2, 0) is 9.53 Å². The number of likely N-dealkylation sites (tertiary alicyclic amines) is 1. The number of aryl methyl sites for hydroxylation is 1. The van der Waals surface area contributed by atoms with Crippen molar-refractivity contribution in [2.75, 3.05) is 56.0 Å². The number of piperidine rings is 1. The van der Waals surface area contributed by atoms with Gasteiger partial charge in [-0.2, -0.15) is 0 Å². The van der Waals surface area contributed by atoms with Gasteiger partial charge in [-0.15, -0.1) is 0 Å². The summed E-state index contributed by atoms with van der Waals surface area (Å²) >= 11 is 0. The lowest BCUT2D eigenvalue weighted by Crippen LogP contribution is -2.46. The first kappa shape index (κ1) is 23.4. The standard InChI is InChI=1S/C24H38N4O3/c1-6-26-12-14-27(15-13-26)20-9-10-21(18(2)16-20)25-22(29)19-8-7-11-28(17-19)23(30)31-24(3,4)5/h9-10,16,19H,6-8,11-15,17H2,1-5H3,(H,25,29). The van der Waals surface area contributed by atoms with Crippen LogP contribution in [0.2, 0.25) is 0 Å². The van der Waals surface area contributed by atoms with Gasteiger partial charge in [-0.25, -0.2) is 4.79 Å². The first-order chi connectivity index (χ1) is 14.7. The zero-order chi connectivity index (χ0) is 22.6. The molecule has 2 fully saturated rings. The minimum Gasteiger partial charge on any atom is -0.444 e. The molecule has 1 aromatic carbocycles. The Morgan fingerprint density at radius 2 is 1.84 bits per heavy atom. The van der Waals surface area contributed by atoms with Crippen LogP contribution in [0.5, 0.6) is 0 Å². The summed E-state index contributed by atoms with van der Waals surface area (Å²) in [7, 11) is 0. The Balaban J connectivity index is 1.58. The van der Waals surface area contributed by atoms with Crippen LogP contribution < -0.4 is 10.2 Å². The SMILES string of the molecule is CCN1CCN(c2ccc(NC(=O)C3CCCN(C(=O)OC(C)(C)C)C3)c(C)c2)CC1. The normalized spacial score (nSPS) is 20.5. The van der Waals surface area contributed by atoms with Gasteiger partial charge >= 0.3 is 6.09 Å². The van der Waals surface area contributed by atoms with Gasteiger partial charge in [-0.1, -0.05) is 6.92 Å². The molecule has 0 saturated carbocycles. The Bertz CT molecular complexity index is 782. The van der Waals surface area contributed by atoms with E-state index in [1.807, 2.05) is 33.8 Å². The molecule has 2 amide bonds. The van der Waals surface area contributed by atoms with E-state index in [0.717, 1.165) is 56.8 Å². The maximum absolute atomic E-state index is 12.9. The Kier molecular flexibility index (Phi) is 7.46. The predicted molar refractivity (Wildman–Crippen MR) is 125 cm³/mol. The quantitative estimate of drug-likeness (QED) is 0.789. The van der Waals surface area contributed by atoms with Gasteiger partial charge in [0.2, 0.25) is 5.91 Å². The lowest BCUT2D eigenvalue weighted by molar-refractivity contribution is -0.121. The molecule has 0 aromatic heterocycles. The summed E-state index contributed by atoms with van der Waals surface area (Å²) < 4.78 is 5.47. The number of carbonyl (C=O) groups excluding carboxylic acids is 2. The van der Waals surface area contributed by atoms with Crippen molar-refractivity contribution in [3.63, 3.8) is 0 Å². The van der Waals surface area contributed by atoms with E-state index in [4.69, 9.17) is 4.74 Å². The largest absolute Gasteiger partial charge is 0.444 e. The van der Waals surface area contributed by atoms with Gasteiger partial charge in [0.25, 0.3) is 0 Å². The van der Waals surface area contributed by atoms with Gasteiger partial charge in [0.05, 0.1) is 5.92 Å². The number of nitrogens with zero attached hydrogens (tertiary/aromatic N) is 3. The molecule has 3 rings (SSSR count). The lowest BCUT2D eigenvalue weighted by atomic mass is 9.97. The van der Waals surface area contributed by atoms with Gasteiger partial charge in [-0.3, -0.25) is 4.79 Å². The van der Waals surface area contributed by atoms with E-state index in [2.05, 4.69) is 34.2 Å². The van der Waals surface area contributed by atoms with Crippen molar-refractivity contribution in [1.82, 2.24) is 9.80 Å². The minimum atomic E-state index is -0.533. The van der Waals surface area contributed by atoms with Crippen LogP contribution in [0.25, 0.3) is 0 Å². The molecule has 2 heterocycles. The van der Waals surface area contributed by atoms with Crippen molar-refractivity contribution in [2.24, 2.45) is 5.92 Å². The number of likely N-dealkylation sites (N-methyl/N-ethyl adjacent to an activating group) is 1. The Morgan fingerprint density at radius 3 is 2.45 bits per heavy atom. The van der Waals surface area contributed by atoms with E-state index in [1.54, 1.807) is 4.90 Å². The molecule has 2 saturated heterocycles. The first-order valence-electron chi connectivity index (χ1n) is 11.5. The molecule has 0 aliphatic carbocycles. The maximum atomic E-state index is 12.9. The molecule has 31 heavy (non-hydrogen) atoms. The van der Waals surface area contributed by atoms with E-state index in [-0.39, 0.29) is 17.9 Å². The first-order valence-corrected chi connectivity index (χ1v) is 11.5. The second-order valence-corrected chi connectivity index (χ2v) is 9.68. The summed E-state index contributed by atoms with van der Waals surface area (Å²) in [5.74, 6) is -0.247. The smallest absolute Gasteiger partial charge is 0.410 e. The molecule has 2 aliphatic heterocycles. The number of hydrogen-bond acceptors (Lipinski definition) is 5. The molecule has 1 aromatic rings. The van der Waals surface area contributed by atoms with Crippen LogP contribution in [0.15, 0.2) is 18.2 Å². The third-order valence-corrected chi connectivity index (χ3v) is 6.10. The molecule has 0 bridgehead atoms. The van der Waals surface area contributed by atoms with E-state index in [0.29, 0.717) is 13.1 Å². The number of benzene rings is 1. The minimum absolute atomic E-state index is 0.0272. The average molecular weight is 431 g/mol. The average Bonchev–Trinajstić information content (AvgIpc) is 2.74. The van der Waals surface area contributed by atoms with Gasteiger partial charge in [0.1, 0.15) is 5.60 Å². The number of rotatable bonds is 4. The number of amides is 2. The zero-order valence-electron chi connectivity index (χ0n) is 19.7. The zero-order valence-corrected chi connectivity index (χ0v) is 19.7. The summed E-state index contributed by atoms with van der Waals surface area (Å²) in [6.45, 7) is 16.2. The monoisotopic (exact) mass is 430 g/mol. The Labute approximate surface area is 186 Å². The van der Waals surface area contributed by atoms with Gasteiger partial charge < -0.3 is 24.8 Å². The summed E-state index contributed by atoms with van der Waals surface area (Å²) in [4.78, 5) is 31.8. The third-order valence-electron chi connectivity index (χ3n) is 6.10. The Morgan fingerprint density at radius 1 is 1.13 bits per heavy atom. The molecule has 0 spiro atoms. The number of anilines is 2. The third kappa shape index (κ3) is 6.35. The summed E-state index contributed by atoms with van der Waals surface area (Å²) in [5.41, 5.74) is 2.58. The van der Waals surface area contributed by atoms with Gasteiger partial charge in [-0.05, 0) is 70.8 Å². The molecule has 7 heteroatoms. The number of ether oxygens (including phenoxy) is 1. The molecule has 1 N–H and O–H groups in total. The maximum Gasteiger partial charge on any atom is 0.410 e. The second kappa shape index (κ2) is 9.90. The summed E-state index contributed by atoms with van der Waals surface area (Å²) in [5, 5.41) is 3.09. The van der Waals surface area contributed by atoms with Crippen molar-refractivity contribution < 1.29 is 14.3 Å². The molecule has 1 unspecified atom stereocenters. The number of nitrogens with one attached hydrogen (secondary N) is 1. The van der Waals surface area contributed by atoms with Crippen LogP contribution in [0.3, 0.4) is 0 Å². The highest BCUT2D eigenvalue weighted by Crippen LogP contribution is 2.26. The van der Waals surface area contributed by atoms with Crippen LogP contribution in [-0.4, -0.2) is 73.2 Å². The predicted octanol–water partition coefficient (Wildman–Crippen LogP) is 3.72. The second-order valence-electron chi connectivity index (χ2n) is 9.68. The molecular formula is C24H38N4O3. The van der Waals surface area contributed by atoms with Crippen molar-refractivity contribution in [3.8, 4) is 0 Å². The number of piperazine rings is 1. The van der Waals surface area contributed by atoms with Gasteiger partial charge in [0, 0.05) is 50.6 Å². The van der Waals surface area contributed by atoms with E-state index >= 15 is 0 Å². The molecular weight excluding hydrogens is 392 g/mol. The fourth-order valence-electron chi connectivity index (χ4n) is 4.23. The molecule has 7 nitrogen and oxygen atoms in total. The summed E-state index contributed by atoms with van der Waals surface area (Å²) in [6, 6.07) is 6.26. The van der Waals surface area contributed by atoms with Crippen LogP contribution >= 0.6 is 0 Å². The summed E-state index contributed by atoms with van der Waals surface area (Å²) in [6.07, 6.45) is 1.25. The fourth-order valence-corrected chi connectivity index (χ4v) is 4.23. The topological polar surface area (TPSA) is 65.1 Å². The lowest BCUT2D eigenvalue weighted by Gasteiger charge is -2.36. The molecule has 2 aliphatic rings. The molecule has 172 valence electrons. The van der Waals surface area contributed by atoms with E-state index in [1.165, 1.54) is 5.69 Å². The van der Waals surface area contributed by atoms with Crippen LogP contribution in [0.1, 0.15) is 46.1 Å². The van der Waals surface area contributed by atoms with Crippen LogP contribution in [0.4, 0.5) is 16.2 Å². The highest BCUT2D eigenvalue weighted by atomic mass is 16.6. The number of hydrogen-bond donors (Lipinski definition) is 1. The molecule has 0 radical (unpaired) electrons. The Hall–Kier alpha value is -2.28. The van der Waals surface area contributed by atoms with Crippen molar-refractivity contribution >= 4 is 23.4 Å². The van der Waals surface area contributed by atoms with E-state index in [9.17, 15) is 9.59 Å². The van der Waals surface area contributed by atoms with Crippen molar-refractivity contribution in [2.45, 2.75) is 53.1 Å². The van der Waals surface area contributed by atoms with Crippen molar-refractivity contribution in [1.29, 1.82) is 0 Å².